The van der Waals surface area contributed by atoms with Crippen LogP contribution >= 0.6 is 11.8 Å². The monoisotopic (exact) mass is 253 g/mol. The van der Waals surface area contributed by atoms with Crippen molar-refractivity contribution in [3.8, 4) is 5.75 Å². The number of aromatic hydroxyl groups is 1. The third kappa shape index (κ3) is 4.69. The van der Waals surface area contributed by atoms with Crippen LogP contribution in [0, 0.1) is 5.92 Å². The number of phenols is 1. The highest BCUT2D eigenvalue weighted by Crippen LogP contribution is 2.27. The van der Waals surface area contributed by atoms with Crippen LogP contribution in [-0.2, 0) is 4.79 Å². The summed E-state index contributed by atoms with van der Waals surface area (Å²) in [6.45, 7) is 6.13. The van der Waals surface area contributed by atoms with Crippen molar-refractivity contribution in [3.05, 3.63) is 24.3 Å². The SMILES string of the molecule is CC(C)C(C)NC(=O)CSc1ccccc1O. The highest BCUT2D eigenvalue weighted by Gasteiger charge is 2.11. The standard InChI is InChI=1S/C13H19NO2S/c1-9(2)10(3)14-13(16)8-17-12-7-5-4-6-11(12)15/h4-7,9-10,15H,8H2,1-3H3,(H,14,16). The van der Waals surface area contributed by atoms with Crippen molar-refractivity contribution in [2.24, 2.45) is 5.92 Å². The molecule has 1 atom stereocenters. The molecule has 0 aliphatic rings. The molecule has 1 rings (SSSR count). The first-order valence-corrected chi connectivity index (χ1v) is 6.69. The molecule has 2 N–H and O–H groups in total. The Morgan fingerprint density at radius 1 is 1.35 bits per heavy atom. The fraction of sp³-hybridized carbons (Fsp3) is 0.462. The summed E-state index contributed by atoms with van der Waals surface area (Å²) in [6.07, 6.45) is 0. The van der Waals surface area contributed by atoms with Crippen LogP contribution in [0.3, 0.4) is 0 Å². The van der Waals surface area contributed by atoms with E-state index in [1.807, 2.05) is 13.0 Å². The van der Waals surface area contributed by atoms with Gasteiger partial charge in [0, 0.05) is 10.9 Å². The number of amides is 1. The lowest BCUT2D eigenvalue weighted by Gasteiger charge is -2.17. The number of phenolic OH excluding ortho intramolecular Hbond substituents is 1. The number of carbonyl (C=O) groups is 1. The fourth-order valence-corrected chi connectivity index (χ4v) is 1.95. The van der Waals surface area contributed by atoms with Crippen molar-refractivity contribution in [1.29, 1.82) is 0 Å². The molecule has 0 fully saturated rings. The Bertz CT molecular complexity index is 379. The van der Waals surface area contributed by atoms with E-state index in [9.17, 15) is 9.90 Å². The normalized spacial score (nSPS) is 12.5. The Labute approximate surface area is 107 Å². The van der Waals surface area contributed by atoms with Crippen LogP contribution in [-0.4, -0.2) is 22.8 Å². The first-order valence-electron chi connectivity index (χ1n) is 5.71. The molecule has 0 radical (unpaired) electrons. The van der Waals surface area contributed by atoms with Gasteiger partial charge in [0.2, 0.25) is 5.91 Å². The molecule has 0 saturated carbocycles. The van der Waals surface area contributed by atoms with Gasteiger partial charge in [0.1, 0.15) is 5.75 Å². The number of benzene rings is 1. The summed E-state index contributed by atoms with van der Waals surface area (Å²) in [7, 11) is 0. The number of nitrogens with one attached hydrogen (secondary N) is 1. The molecule has 0 aliphatic carbocycles. The van der Waals surface area contributed by atoms with Gasteiger partial charge in [-0.05, 0) is 25.0 Å². The van der Waals surface area contributed by atoms with Gasteiger partial charge in [-0.25, -0.2) is 0 Å². The van der Waals surface area contributed by atoms with Gasteiger partial charge in [0.25, 0.3) is 0 Å². The van der Waals surface area contributed by atoms with E-state index in [1.54, 1.807) is 18.2 Å². The molecule has 1 aromatic rings. The second-order valence-electron chi connectivity index (χ2n) is 4.36. The molecular weight excluding hydrogens is 234 g/mol. The van der Waals surface area contributed by atoms with E-state index in [2.05, 4.69) is 19.2 Å². The van der Waals surface area contributed by atoms with E-state index in [0.29, 0.717) is 11.7 Å². The number of para-hydroxylation sites is 1. The minimum atomic E-state index is -0.000506. The first-order chi connectivity index (χ1) is 8.00. The molecule has 4 heteroatoms. The van der Waals surface area contributed by atoms with Gasteiger partial charge in [-0.3, -0.25) is 4.79 Å². The van der Waals surface area contributed by atoms with Crippen molar-refractivity contribution in [1.82, 2.24) is 5.32 Å². The lowest BCUT2D eigenvalue weighted by atomic mass is 10.1. The molecule has 0 spiro atoms. The number of hydrogen-bond acceptors (Lipinski definition) is 3. The highest BCUT2D eigenvalue weighted by atomic mass is 32.2. The largest absolute Gasteiger partial charge is 0.507 e. The smallest absolute Gasteiger partial charge is 0.230 e. The van der Waals surface area contributed by atoms with Crippen molar-refractivity contribution < 1.29 is 9.90 Å². The summed E-state index contributed by atoms with van der Waals surface area (Å²) >= 11 is 1.35. The zero-order valence-electron chi connectivity index (χ0n) is 10.4. The fourth-order valence-electron chi connectivity index (χ4n) is 1.18. The molecule has 94 valence electrons. The van der Waals surface area contributed by atoms with Gasteiger partial charge in [-0.2, -0.15) is 0 Å². The zero-order chi connectivity index (χ0) is 12.8. The Balaban J connectivity index is 2.41. The number of hydrogen-bond donors (Lipinski definition) is 2. The summed E-state index contributed by atoms with van der Waals surface area (Å²) in [5.41, 5.74) is 0. The van der Waals surface area contributed by atoms with Crippen LogP contribution in [0.2, 0.25) is 0 Å². The third-order valence-corrected chi connectivity index (χ3v) is 3.68. The quantitative estimate of drug-likeness (QED) is 0.793. The third-order valence-electron chi connectivity index (χ3n) is 2.61. The summed E-state index contributed by atoms with van der Waals surface area (Å²) in [6, 6.07) is 7.21. The van der Waals surface area contributed by atoms with Gasteiger partial charge in [-0.15, -0.1) is 11.8 Å². The Kier molecular flexibility index (Phi) is 5.35. The van der Waals surface area contributed by atoms with Crippen LogP contribution in [0.4, 0.5) is 0 Å². The molecule has 0 bridgehead atoms. The Morgan fingerprint density at radius 2 is 2.00 bits per heavy atom. The zero-order valence-corrected chi connectivity index (χ0v) is 11.3. The Morgan fingerprint density at radius 3 is 2.59 bits per heavy atom. The van der Waals surface area contributed by atoms with E-state index in [1.165, 1.54) is 11.8 Å². The predicted octanol–water partition coefficient (Wildman–Crippen LogP) is 2.65. The van der Waals surface area contributed by atoms with Gasteiger partial charge in [0.15, 0.2) is 0 Å². The second-order valence-corrected chi connectivity index (χ2v) is 5.37. The maximum Gasteiger partial charge on any atom is 0.230 e. The molecule has 0 aliphatic heterocycles. The lowest BCUT2D eigenvalue weighted by molar-refractivity contribution is -0.119. The maximum atomic E-state index is 11.6. The predicted molar refractivity (Wildman–Crippen MR) is 71.3 cm³/mol. The molecule has 0 aromatic heterocycles. The molecule has 17 heavy (non-hydrogen) atoms. The van der Waals surface area contributed by atoms with Gasteiger partial charge < -0.3 is 10.4 Å². The van der Waals surface area contributed by atoms with E-state index in [4.69, 9.17) is 0 Å². The number of carbonyl (C=O) groups excluding carboxylic acids is 1. The van der Waals surface area contributed by atoms with Crippen LogP contribution in [0.1, 0.15) is 20.8 Å². The average Bonchev–Trinajstić information content (AvgIpc) is 2.27. The molecule has 0 saturated heterocycles. The molecular formula is C13H19NO2S. The first kappa shape index (κ1) is 13.9. The summed E-state index contributed by atoms with van der Waals surface area (Å²) in [5.74, 6) is 0.977. The molecule has 3 nitrogen and oxygen atoms in total. The maximum absolute atomic E-state index is 11.6. The van der Waals surface area contributed by atoms with Gasteiger partial charge in [-0.1, -0.05) is 26.0 Å². The molecule has 1 aromatic carbocycles. The van der Waals surface area contributed by atoms with Crippen molar-refractivity contribution >= 4 is 17.7 Å². The Hall–Kier alpha value is -1.16. The van der Waals surface area contributed by atoms with Crippen molar-refractivity contribution in [3.63, 3.8) is 0 Å². The van der Waals surface area contributed by atoms with E-state index < -0.39 is 0 Å². The summed E-state index contributed by atoms with van der Waals surface area (Å²) < 4.78 is 0. The van der Waals surface area contributed by atoms with Gasteiger partial charge in [0.05, 0.1) is 5.75 Å². The van der Waals surface area contributed by atoms with E-state index in [-0.39, 0.29) is 17.7 Å². The van der Waals surface area contributed by atoms with Crippen molar-refractivity contribution in [2.75, 3.05) is 5.75 Å². The van der Waals surface area contributed by atoms with Crippen LogP contribution in [0.25, 0.3) is 0 Å². The van der Waals surface area contributed by atoms with E-state index in [0.717, 1.165) is 4.90 Å². The van der Waals surface area contributed by atoms with Crippen LogP contribution < -0.4 is 5.32 Å². The minimum absolute atomic E-state index is 0.000506. The molecule has 0 heterocycles. The van der Waals surface area contributed by atoms with Crippen molar-refractivity contribution in [2.45, 2.75) is 31.7 Å². The second kappa shape index (κ2) is 6.55. The summed E-state index contributed by atoms with van der Waals surface area (Å²) in [4.78, 5) is 12.4. The summed E-state index contributed by atoms with van der Waals surface area (Å²) in [5, 5.41) is 12.5. The van der Waals surface area contributed by atoms with Gasteiger partial charge >= 0.3 is 0 Å². The lowest BCUT2D eigenvalue weighted by Crippen LogP contribution is -2.37. The minimum Gasteiger partial charge on any atom is -0.507 e. The average molecular weight is 253 g/mol. The van der Waals surface area contributed by atoms with E-state index >= 15 is 0 Å². The van der Waals surface area contributed by atoms with Crippen LogP contribution in [0.5, 0.6) is 5.75 Å². The highest BCUT2D eigenvalue weighted by molar-refractivity contribution is 8.00. The number of rotatable bonds is 5. The molecule has 1 amide bonds. The molecule has 1 unspecified atom stereocenters. The number of thioether (sulfide) groups is 1. The van der Waals surface area contributed by atoms with Crippen LogP contribution in [0.15, 0.2) is 29.2 Å². The topological polar surface area (TPSA) is 49.3 Å².